The number of aromatic nitrogens is 1. The van der Waals surface area contributed by atoms with Crippen LogP contribution >= 0.6 is 11.3 Å². The van der Waals surface area contributed by atoms with Crippen molar-refractivity contribution < 1.29 is 22.6 Å². The zero-order valence-corrected chi connectivity index (χ0v) is 19.5. The summed E-state index contributed by atoms with van der Waals surface area (Å²) in [6.07, 6.45) is 0. The lowest BCUT2D eigenvalue weighted by atomic mass is 10.1. The van der Waals surface area contributed by atoms with Crippen LogP contribution in [0.1, 0.15) is 4.88 Å². The molecule has 2 aromatic carbocycles. The monoisotopic (exact) mass is 475 g/mol. The lowest BCUT2D eigenvalue weighted by molar-refractivity contribution is 0.0347. The highest BCUT2D eigenvalue weighted by Crippen LogP contribution is 2.35. The molecule has 1 fully saturated rings. The van der Waals surface area contributed by atoms with E-state index in [9.17, 15) is 8.42 Å². The predicted molar refractivity (Wildman–Crippen MR) is 124 cm³/mol. The molecule has 8 nitrogen and oxygen atoms in total. The lowest BCUT2D eigenvalue weighted by Crippen LogP contribution is -2.35. The molecular formula is C22H25N3O5S2. The number of benzene rings is 2. The molecule has 1 aromatic heterocycles. The van der Waals surface area contributed by atoms with Gasteiger partial charge in [-0.05, 0) is 12.1 Å². The molecule has 4 rings (SSSR count). The minimum atomic E-state index is -3.95. The van der Waals surface area contributed by atoms with Gasteiger partial charge in [0.1, 0.15) is 16.4 Å². The third-order valence-corrected chi connectivity index (χ3v) is 7.54. The number of nitrogens with one attached hydrogen (secondary N) is 1. The first-order chi connectivity index (χ1) is 15.5. The van der Waals surface area contributed by atoms with Crippen molar-refractivity contribution in [2.24, 2.45) is 0 Å². The quantitative estimate of drug-likeness (QED) is 0.534. The van der Waals surface area contributed by atoms with Crippen LogP contribution in [0.25, 0.3) is 11.3 Å². The molecule has 1 N–H and O–H groups in total. The smallest absolute Gasteiger partial charge is 0.267 e. The summed E-state index contributed by atoms with van der Waals surface area (Å²) in [5.74, 6) is 0.648. The van der Waals surface area contributed by atoms with Gasteiger partial charge in [-0.1, -0.05) is 41.7 Å². The first-order valence-electron chi connectivity index (χ1n) is 10.1. The predicted octanol–water partition coefficient (Wildman–Crippen LogP) is 3.46. The van der Waals surface area contributed by atoms with E-state index in [1.54, 1.807) is 12.1 Å². The van der Waals surface area contributed by atoms with Gasteiger partial charge in [0, 0.05) is 36.1 Å². The largest absolute Gasteiger partial charge is 0.497 e. The number of thiazole rings is 1. The van der Waals surface area contributed by atoms with E-state index < -0.39 is 10.0 Å². The van der Waals surface area contributed by atoms with Crippen molar-refractivity contribution in [1.29, 1.82) is 0 Å². The number of hydrogen-bond acceptors (Lipinski definition) is 8. The molecule has 0 radical (unpaired) electrons. The first kappa shape index (κ1) is 22.5. The molecule has 32 heavy (non-hydrogen) atoms. The van der Waals surface area contributed by atoms with Crippen LogP contribution in [0.3, 0.4) is 0 Å². The first-order valence-corrected chi connectivity index (χ1v) is 12.4. The average molecular weight is 476 g/mol. The SMILES string of the molecule is COc1ccc(OC)c(S(=O)(=O)Nc2nc(-c3ccccc3)c(CN3CCOCC3)s2)c1. The van der Waals surface area contributed by atoms with Crippen LogP contribution in [0.4, 0.5) is 5.13 Å². The Morgan fingerprint density at radius 1 is 1.09 bits per heavy atom. The van der Waals surface area contributed by atoms with E-state index in [2.05, 4.69) is 14.6 Å². The minimum absolute atomic E-state index is 0.00876. The van der Waals surface area contributed by atoms with E-state index in [4.69, 9.17) is 14.2 Å². The fourth-order valence-electron chi connectivity index (χ4n) is 3.45. The second-order valence-electron chi connectivity index (χ2n) is 7.17. The third kappa shape index (κ3) is 5.04. The summed E-state index contributed by atoms with van der Waals surface area (Å²) in [6.45, 7) is 3.71. The molecule has 0 atom stereocenters. The van der Waals surface area contributed by atoms with Gasteiger partial charge < -0.3 is 14.2 Å². The number of morpholine rings is 1. The molecule has 1 aliphatic rings. The summed E-state index contributed by atoms with van der Waals surface area (Å²) in [7, 11) is -1.04. The topological polar surface area (TPSA) is 90.0 Å². The number of methoxy groups -OCH3 is 2. The second kappa shape index (κ2) is 9.86. The van der Waals surface area contributed by atoms with Crippen molar-refractivity contribution >= 4 is 26.5 Å². The summed E-state index contributed by atoms with van der Waals surface area (Å²) in [4.78, 5) is 7.92. The Labute approximate surface area is 191 Å². The molecule has 0 bridgehead atoms. The summed E-state index contributed by atoms with van der Waals surface area (Å²) >= 11 is 1.34. The Balaban J connectivity index is 1.68. The lowest BCUT2D eigenvalue weighted by Gasteiger charge is -2.26. The molecule has 0 saturated carbocycles. The molecule has 170 valence electrons. The molecule has 0 unspecified atom stereocenters. The van der Waals surface area contributed by atoms with Gasteiger partial charge in [0.2, 0.25) is 0 Å². The van der Waals surface area contributed by atoms with Crippen LogP contribution in [0.15, 0.2) is 53.4 Å². The summed E-state index contributed by atoms with van der Waals surface area (Å²) < 4.78 is 44.9. The van der Waals surface area contributed by atoms with Crippen LogP contribution < -0.4 is 14.2 Å². The Morgan fingerprint density at radius 3 is 2.53 bits per heavy atom. The maximum Gasteiger partial charge on any atom is 0.267 e. The maximum absolute atomic E-state index is 13.2. The Morgan fingerprint density at radius 2 is 1.84 bits per heavy atom. The molecule has 3 aromatic rings. The maximum atomic E-state index is 13.2. The molecule has 1 saturated heterocycles. The molecule has 1 aliphatic heterocycles. The van der Waals surface area contributed by atoms with Crippen LogP contribution in [-0.4, -0.2) is 58.8 Å². The minimum Gasteiger partial charge on any atom is -0.497 e. The number of ether oxygens (including phenoxy) is 3. The molecular weight excluding hydrogens is 450 g/mol. The molecule has 2 heterocycles. The number of rotatable bonds is 8. The van der Waals surface area contributed by atoms with Crippen LogP contribution in [0.5, 0.6) is 11.5 Å². The Bertz CT molecular complexity index is 1160. The van der Waals surface area contributed by atoms with Crippen molar-refractivity contribution in [3.05, 3.63) is 53.4 Å². The number of hydrogen-bond donors (Lipinski definition) is 1. The standard InChI is InChI=1S/C22H25N3O5S2/c1-28-17-8-9-18(29-2)20(14-17)32(26,27)24-22-23-21(16-6-4-3-5-7-16)19(31-22)15-25-10-12-30-13-11-25/h3-9,14H,10-13,15H2,1-2H3,(H,23,24). The highest BCUT2D eigenvalue weighted by Gasteiger charge is 2.24. The highest BCUT2D eigenvalue weighted by molar-refractivity contribution is 7.93. The van der Waals surface area contributed by atoms with Crippen molar-refractivity contribution in [2.75, 3.05) is 45.2 Å². The van der Waals surface area contributed by atoms with Gasteiger partial charge in [-0.15, -0.1) is 0 Å². The van der Waals surface area contributed by atoms with E-state index in [0.717, 1.165) is 29.2 Å². The van der Waals surface area contributed by atoms with Crippen LogP contribution in [0, 0.1) is 0 Å². The second-order valence-corrected chi connectivity index (χ2v) is 9.90. The Kier molecular flexibility index (Phi) is 6.95. The number of anilines is 1. The van der Waals surface area contributed by atoms with Crippen molar-refractivity contribution in [1.82, 2.24) is 9.88 Å². The van der Waals surface area contributed by atoms with Crippen LogP contribution in [-0.2, 0) is 21.3 Å². The number of nitrogens with zero attached hydrogens (tertiary/aromatic N) is 2. The highest BCUT2D eigenvalue weighted by atomic mass is 32.2. The number of sulfonamides is 1. The van der Waals surface area contributed by atoms with Crippen molar-refractivity contribution in [3.63, 3.8) is 0 Å². The van der Waals surface area contributed by atoms with Gasteiger partial charge in [-0.25, -0.2) is 13.4 Å². The average Bonchev–Trinajstić information content (AvgIpc) is 3.21. The van der Waals surface area contributed by atoms with E-state index in [1.807, 2.05) is 30.3 Å². The zero-order valence-electron chi connectivity index (χ0n) is 17.9. The van der Waals surface area contributed by atoms with Gasteiger partial charge in [0.05, 0.1) is 33.1 Å². The van der Waals surface area contributed by atoms with Crippen molar-refractivity contribution in [3.8, 4) is 22.8 Å². The van der Waals surface area contributed by atoms with E-state index in [1.165, 1.54) is 31.6 Å². The summed E-state index contributed by atoms with van der Waals surface area (Å²) in [6, 6.07) is 14.4. The van der Waals surface area contributed by atoms with Gasteiger partial charge in [-0.3, -0.25) is 9.62 Å². The summed E-state index contributed by atoms with van der Waals surface area (Å²) in [5.41, 5.74) is 1.72. The van der Waals surface area contributed by atoms with Gasteiger partial charge in [-0.2, -0.15) is 0 Å². The van der Waals surface area contributed by atoms with Gasteiger partial charge >= 0.3 is 0 Å². The molecule has 0 spiro atoms. The Hall–Kier alpha value is -2.66. The zero-order chi connectivity index (χ0) is 22.6. The fraction of sp³-hybridized carbons (Fsp3) is 0.318. The van der Waals surface area contributed by atoms with E-state index in [-0.39, 0.29) is 10.6 Å². The van der Waals surface area contributed by atoms with Crippen LogP contribution in [0.2, 0.25) is 0 Å². The molecule has 10 heteroatoms. The third-order valence-electron chi connectivity index (χ3n) is 5.10. The van der Waals surface area contributed by atoms with E-state index in [0.29, 0.717) is 30.6 Å². The molecule has 0 aliphatic carbocycles. The summed E-state index contributed by atoms with van der Waals surface area (Å²) in [5, 5.41) is 0.303. The fourth-order valence-corrected chi connectivity index (χ4v) is 5.90. The van der Waals surface area contributed by atoms with Crippen molar-refractivity contribution in [2.45, 2.75) is 11.4 Å². The van der Waals surface area contributed by atoms with Gasteiger partial charge in [0.15, 0.2) is 5.13 Å². The normalized spacial score (nSPS) is 14.8. The van der Waals surface area contributed by atoms with E-state index >= 15 is 0 Å². The van der Waals surface area contributed by atoms with Gasteiger partial charge in [0.25, 0.3) is 10.0 Å². The molecule has 0 amide bonds.